The first-order chi connectivity index (χ1) is 12.7. The van der Waals surface area contributed by atoms with Crippen LogP contribution in [0.4, 0.5) is 18.9 Å². The molecule has 0 amide bonds. The van der Waals surface area contributed by atoms with Crippen molar-refractivity contribution in [3.63, 3.8) is 0 Å². The lowest BCUT2D eigenvalue weighted by atomic mass is 9.77. The molecule has 0 spiro atoms. The van der Waals surface area contributed by atoms with Crippen molar-refractivity contribution in [1.82, 2.24) is 0 Å². The van der Waals surface area contributed by atoms with Gasteiger partial charge in [0.1, 0.15) is 0 Å². The number of anilines is 1. The SMILES string of the molecule is CN(c1ccc(C(F)(F)F)cc1)C1C=CC2=C(C1)C(C)(C)c1ccccc12. The Labute approximate surface area is 157 Å². The Morgan fingerprint density at radius 2 is 1.67 bits per heavy atom. The Morgan fingerprint density at radius 3 is 2.33 bits per heavy atom. The zero-order valence-electron chi connectivity index (χ0n) is 15.6. The third kappa shape index (κ3) is 2.88. The van der Waals surface area contributed by atoms with Crippen LogP contribution in [-0.2, 0) is 11.6 Å². The molecule has 0 aromatic heterocycles. The summed E-state index contributed by atoms with van der Waals surface area (Å²) in [6.07, 6.45) is 0.901. The van der Waals surface area contributed by atoms with Crippen molar-refractivity contribution in [2.45, 2.75) is 37.9 Å². The zero-order chi connectivity index (χ0) is 19.4. The summed E-state index contributed by atoms with van der Waals surface area (Å²) in [5.41, 5.74) is 5.48. The van der Waals surface area contributed by atoms with Crippen LogP contribution in [0.3, 0.4) is 0 Å². The summed E-state index contributed by atoms with van der Waals surface area (Å²) in [5, 5.41) is 0. The first-order valence-electron chi connectivity index (χ1n) is 9.11. The Balaban J connectivity index is 1.60. The van der Waals surface area contributed by atoms with Crippen molar-refractivity contribution in [1.29, 1.82) is 0 Å². The standard InChI is InChI=1S/C23H22F3N/c1-22(2)20-7-5-4-6-18(20)19-13-12-17(14-21(19)22)27(3)16-10-8-15(9-11-16)23(24,25)26/h4-13,17H,14H2,1-3H3. The molecule has 4 heteroatoms. The van der Waals surface area contributed by atoms with E-state index in [2.05, 4.69) is 55.2 Å². The molecule has 1 nitrogen and oxygen atoms in total. The molecule has 1 atom stereocenters. The van der Waals surface area contributed by atoms with Crippen LogP contribution in [0.5, 0.6) is 0 Å². The molecule has 2 aromatic rings. The number of alkyl halides is 3. The fourth-order valence-electron chi connectivity index (χ4n) is 4.31. The number of rotatable bonds is 2. The van der Waals surface area contributed by atoms with Gasteiger partial charge in [-0.3, -0.25) is 0 Å². The quantitative estimate of drug-likeness (QED) is 0.608. The van der Waals surface area contributed by atoms with Crippen LogP contribution in [0.15, 0.2) is 66.3 Å². The summed E-state index contributed by atoms with van der Waals surface area (Å²) in [5.74, 6) is 0. The van der Waals surface area contributed by atoms with E-state index in [-0.39, 0.29) is 11.5 Å². The summed E-state index contributed by atoms with van der Waals surface area (Å²) in [7, 11) is 1.94. The van der Waals surface area contributed by atoms with Gasteiger partial charge in [0, 0.05) is 18.2 Å². The fourth-order valence-corrected chi connectivity index (χ4v) is 4.31. The number of nitrogens with zero attached hydrogens (tertiary/aromatic N) is 1. The second kappa shape index (κ2) is 6.01. The van der Waals surface area contributed by atoms with E-state index in [0.29, 0.717) is 0 Å². The highest BCUT2D eigenvalue weighted by molar-refractivity contribution is 5.87. The van der Waals surface area contributed by atoms with E-state index in [1.54, 1.807) is 12.1 Å². The first-order valence-corrected chi connectivity index (χ1v) is 9.11. The third-order valence-electron chi connectivity index (χ3n) is 5.97. The summed E-state index contributed by atoms with van der Waals surface area (Å²) in [4.78, 5) is 2.06. The lowest BCUT2D eigenvalue weighted by molar-refractivity contribution is -0.137. The average molecular weight is 369 g/mol. The highest BCUT2D eigenvalue weighted by atomic mass is 19.4. The van der Waals surface area contributed by atoms with Crippen LogP contribution >= 0.6 is 0 Å². The van der Waals surface area contributed by atoms with E-state index in [9.17, 15) is 13.2 Å². The van der Waals surface area contributed by atoms with Crippen molar-refractivity contribution in [2.75, 3.05) is 11.9 Å². The highest BCUT2D eigenvalue weighted by Gasteiger charge is 2.39. The maximum Gasteiger partial charge on any atom is 0.416 e. The van der Waals surface area contributed by atoms with E-state index in [4.69, 9.17) is 0 Å². The van der Waals surface area contributed by atoms with Crippen LogP contribution < -0.4 is 4.90 Å². The predicted octanol–water partition coefficient (Wildman–Crippen LogP) is 6.22. The summed E-state index contributed by atoms with van der Waals surface area (Å²) in [6, 6.07) is 14.0. The molecule has 0 radical (unpaired) electrons. The molecule has 0 fully saturated rings. The van der Waals surface area contributed by atoms with Gasteiger partial charge in [-0.15, -0.1) is 0 Å². The van der Waals surface area contributed by atoms with Crippen molar-refractivity contribution >= 4 is 11.3 Å². The average Bonchev–Trinajstić information content (AvgIpc) is 2.88. The Hall–Kier alpha value is -2.49. The lowest BCUT2D eigenvalue weighted by Crippen LogP contribution is -2.33. The molecule has 2 aliphatic rings. The predicted molar refractivity (Wildman–Crippen MR) is 104 cm³/mol. The first kappa shape index (κ1) is 17.9. The molecule has 0 aliphatic heterocycles. The molecule has 0 saturated heterocycles. The monoisotopic (exact) mass is 369 g/mol. The molecule has 0 saturated carbocycles. The maximum atomic E-state index is 12.8. The van der Waals surface area contributed by atoms with Gasteiger partial charge in [-0.25, -0.2) is 0 Å². The minimum absolute atomic E-state index is 0.0318. The number of halogens is 3. The minimum Gasteiger partial charge on any atom is -0.368 e. The van der Waals surface area contributed by atoms with Gasteiger partial charge in [-0.05, 0) is 53.0 Å². The molecule has 27 heavy (non-hydrogen) atoms. The van der Waals surface area contributed by atoms with Crippen molar-refractivity contribution < 1.29 is 13.2 Å². The van der Waals surface area contributed by atoms with Gasteiger partial charge in [0.05, 0.1) is 11.6 Å². The number of hydrogen-bond donors (Lipinski definition) is 0. The zero-order valence-corrected chi connectivity index (χ0v) is 15.6. The second-order valence-corrected chi connectivity index (χ2v) is 7.85. The molecule has 2 aromatic carbocycles. The molecule has 0 heterocycles. The van der Waals surface area contributed by atoms with E-state index < -0.39 is 11.7 Å². The number of fused-ring (bicyclic) bond motifs is 2. The lowest BCUT2D eigenvalue weighted by Gasteiger charge is -2.34. The molecule has 2 aliphatic carbocycles. The topological polar surface area (TPSA) is 3.24 Å². The second-order valence-electron chi connectivity index (χ2n) is 7.85. The van der Waals surface area contributed by atoms with Crippen molar-refractivity contribution in [3.8, 4) is 0 Å². The normalized spacial score (nSPS) is 20.4. The summed E-state index contributed by atoms with van der Waals surface area (Å²) >= 11 is 0. The number of hydrogen-bond acceptors (Lipinski definition) is 1. The minimum atomic E-state index is -4.30. The molecular weight excluding hydrogens is 347 g/mol. The van der Waals surface area contributed by atoms with Crippen LogP contribution in [-0.4, -0.2) is 13.1 Å². The fraction of sp³-hybridized carbons (Fsp3) is 0.304. The van der Waals surface area contributed by atoms with E-state index in [0.717, 1.165) is 24.2 Å². The van der Waals surface area contributed by atoms with Gasteiger partial charge in [0.2, 0.25) is 0 Å². The van der Waals surface area contributed by atoms with Crippen LogP contribution in [0.1, 0.15) is 37.0 Å². The summed E-state index contributed by atoms with van der Waals surface area (Å²) < 4.78 is 38.4. The van der Waals surface area contributed by atoms with Gasteiger partial charge in [-0.1, -0.05) is 50.3 Å². The van der Waals surface area contributed by atoms with Gasteiger partial charge >= 0.3 is 6.18 Å². The maximum absolute atomic E-state index is 12.8. The number of benzene rings is 2. The van der Waals surface area contributed by atoms with Gasteiger partial charge in [0.25, 0.3) is 0 Å². The molecular formula is C23H22F3N. The number of allylic oxidation sites excluding steroid dienone is 2. The van der Waals surface area contributed by atoms with E-state index in [1.807, 2.05) is 7.05 Å². The molecule has 4 rings (SSSR count). The van der Waals surface area contributed by atoms with Gasteiger partial charge < -0.3 is 4.90 Å². The van der Waals surface area contributed by atoms with E-state index in [1.165, 1.54) is 22.3 Å². The molecule has 0 bridgehead atoms. The van der Waals surface area contributed by atoms with Crippen molar-refractivity contribution in [3.05, 3.63) is 82.9 Å². The smallest absolute Gasteiger partial charge is 0.368 e. The Morgan fingerprint density at radius 1 is 1.00 bits per heavy atom. The Kier molecular flexibility index (Phi) is 3.99. The van der Waals surface area contributed by atoms with Crippen molar-refractivity contribution in [2.24, 2.45) is 0 Å². The Bertz CT molecular complexity index is 933. The number of likely N-dealkylation sites (N-methyl/N-ethyl adjacent to an activating group) is 1. The highest BCUT2D eigenvalue weighted by Crippen LogP contribution is 2.50. The molecule has 140 valence electrons. The third-order valence-corrected chi connectivity index (χ3v) is 5.97. The van der Waals surface area contributed by atoms with E-state index >= 15 is 0 Å². The van der Waals surface area contributed by atoms with Gasteiger partial charge in [0.15, 0.2) is 0 Å². The molecule has 1 unspecified atom stereocenters. The molecule has 0 N–H and O–H groups in total. The van der Waals surface area contributed by atoms with Gasteiger partial charge in [-0.2, -0.15) is 13.2 Å². The largest absolute Gasteiger partial charge is 0.416 e. The van der Waals surface area contributed by atoms with Crippen LogP contribution in [0.2, 0.25) is 0 Å². The van der Waals surface area contributed by atoms with Crippen LogP contribution in [0.25, 0.3) is 5.57 Å². The summed E-state index contributed by atoms with van der Waals surface area (Å²) in [6.45, 7) is 4.50. The van der Waals surface area contributed by atoms with Crippen LogP contribution in [0, 0.1) is 0 Å².